The van der Waals surface area contributed by atoms with E-state index in [1.807, 2.05) is 12.1 Å². The third-order valence-electron chi connectivity index (χ3n) is 4.18. The Morgan fingerprint density at radius 1 is 1.19 bits per heavy atom. The van der Waals surface area contributed by atoms with Gasteiger partial charge in [-0.15, -0.1) is 0 Å². The van der Waals surface area contributed by atoms with Crippen LogP contribution in [0.5, 0.6) is 5.75 Å². The zero-order valence-electron chi connectivity index (χ0n) is 16.0. The molecule has 9 heteroatoms. The molecule has 3 rings (SSSR count). The molecule has 0 saturated carbocycles. The van der Waals surface area contributed by atoms with Crippen LogP contribution in [-0.4, -0.2) is 17.0 Å². The number of carbonyl (C=O) groups excluding carboxylic acids is 1. The number of benzene rings is 3. The van der Waals surface area contributed by atoms with Crippen LogP contribution in [0.1, 0.15) is 27.0 Å². The second kappa shape index (κ2) is 10.1. The molecule has 154 valence electrons. The van der Waals surface area contributed by atoms with Crippen molar-refractivity contribution in [1.82, 2.24) is 5.43 Å². The summed E-state index contributed by atoms with van der Waals surface area (Å²) in [5, 5.41) is 23.8. The average molecular weight is 479 g/mol. The van der Waals surface area contributed by atoms with Gasteiger partial charge >= 0.3 is 0 Å². The van der Waals surface area contributed by atoms with Crippen molar-refractivity contribution in [2.75, 3.05) is 0 Å². The highest BCUT2D eigenvalue weighted by Crippen LogP contribution is 2.26. The van der Waals surface area contributed by atoms with Crippen LogP contribution < -0.4 is 10.2 Å². The van der Waals surface area contributed by atoms with Gasteiger partial charge in [0, 0.05) is 23.3 Å². The average Bonchev–Trinajstić information content (AvgIpc) is 2.78. The Bertz CT molecular complexity index is 1200. The van der Waals surface area contributed by atoms with Gasteiger partial charge in [0.1, 0.15) is 12.4 Å². The van der Waals surface area contributed by atoms with Crippen molar-refractivity contribution < 1.29 is 14.5 Å². The SMILES string of the molecule is N#Cc1ccccc1COc1ccc(/C=N/NC(=O)c2cccc([N+](=O)[O-])c2)cc1Br. The molecule has 1 N–H and O–H groups in total. The molecule has 0 atom stereocenters. The summed E-state index contributed by atoms with van der Waals surface area (Å²) in [6.45, 7) is 0.245. The monoisotopic (exact) mass is 478 g/mol. The maximum Gasteiger partial charge on any atom is 0.271 e. The predicted molar refractivity (Wildman–Crippen MR) is 118 cm³/mol. The van der Waals surface area contributed by atoms with Crippen LogP contribution in [0.25, 0.3) is 0 Å². The number of nitro benzene ring substituents is 1. The first-order chi connectivity index (χ1) is 15.0. The van der Waals surface area contributed by atoms with Crippen molar-refractivity contribution in [1.29, 1.82) is 5.26 Å². The number of nitrogens with zero attached hydrogens (tertiary/aromatic N) is 3. The molecule has 0 saturated heterocycles. The molecular formula is C22H15BrN4O4. The lowest BCUT2D eigenvalue weighted by molar-refractivity contribution is -0.384. The maximum atomic E-state index is 12.1. The summed E-state index contributed by atoms with van der Waals surface area (Å²) in [6, 6.07) is 20.0. The number of hydrogen-bond acceptors (Lipinski definition) is 6. The number of hydrazone groups is 1. The van der Waals surface area contributed by atoms with Crippen LogP contribution in [0.2, 0.25) is 0 Å². The van der Waals surface area contributed by atoms with Crippen LogP contribution in [0, 0.1) is 21.4 Å². The van der Waals surface area contributed by atoms with E-state index in [0.29, 0.717) is 21.3 Å². The molecule has 0 aliphatic heterocycles. The van der Waals surface area contributed by atoms with E-state index in [4.69, 9.17) is 10.00 Å². The van der Waals surface area contributed by atoms with Gasteiger partial charge in [-0.2, -0.15) is 10.4 Å². The zero-order valence-corrected chi connectivity index (χ0v) is 17.6. The lowest BCUT2D eigenvalue weighted by atomic mass is 10.1. The van der Waals surface area contributed by atoms with Crippen LogP contribution in [0.4, 0.5) is 5.69 Å². The summed E-state index contributed by atoms with van der Waals surface area (Å²) in [6.07, 6.45) is 1.44. The quantitative estimate of drug-likeness (QED) is 0.303. The van der Waals surface area contributed by atoms with Gasteiger partial charge < -0.3 is 4.74 Å². The van der Waals surface area contributed by atoms with E-state index in [9.17, 15) is 14.9 Å². The summed E-state index contributed by atoms with van der Waals surface area (Å²) < 4.78 is 6.46. The van der Waals surface area contributed by atoms with Crippen LogP contribution in [-0.2, 0) is 6.61 Å². The fraction of sp³-hybridized carbons (Fsp3) is 0.0455. The first kappa shape index (κ1) is 21.7. The number of carbonyl (C=O) groups is 1. The number of amides is 1. The minimum atomic E-state index is -0.569. The molecule has 0 aromatic heterocycles. The van der Waals surface area contributed by atoms with E-state index in [2.05, 4.69) is 32.5 Å². The molecule has 0 aliphatic rings. The highest BCUT2D eigenvalue weighted by molar-refractivity contribution is 9.10. The predicted octanol–water partition coefficient (Wildman–Crippen LogP) is 4.57. The summed E-state index contributed by atoms with van der Waals surface area (Å²) in [7, 11) is 0. The number of halogens is 1. The Kier molecular flexibility index (Phi) is 7.09. The van der Waals surface area contributed by atoms with Gasteiger partial charge in [0.05, 0.1) is 27.2 Å². The summed E-state index contributed by atoms with van der Waals surface area (Å²) in [5.74, 6) is 0.0284. The normalized spacial score (nSPS) is 10.5. The van der Waals surface area contributed by atoms with E-state index < -0.39 is 10.8 Å². The minimum Gasteiger partial charge on any atom is -0.488 e. The Balaban J connectivity index is 1.61. The van der Waals surface area contributed by atoms with E-state index in [0.717, 1.165) is 5.56 Å². The summed E-state index contributed by atoms with van der Waals surface area (Å²) in [5.41, 5.74) is 4.33. The molecule has 3 aromatic carbocycles. The summed E-state index contributed by atoms with van der Waals surface area (Å²) >= 11 is 3.43. The van der Waals surface area contributed by atoms with E-state index >= 15 is 0 Å². The van der Waals surface area contributed by atoms with Gasteiger partial charge in [-0.3, -0.25) is 14.9 Å². The van der Waals surface area contributed by atoms with E-state index in [-0.39, 0.29) is 17.9 Å². The number of non-ortho nitro benzene ring substituents is 1. The van der Waals surface area contributed by atoms with Gasteiger partial charge in [-0.05, 0) is 51.8 Å². The van der Waals surface area contributed by atoms with Gasteiger partial charge in [0.15, 0.2) is 0 Å². The Morgan fingerprint density at radius 2 is 2.00 bits per heavy atom. The number of hydrogen-bond donors (Lipinski definition) is 1. The molecule has 31 heavy (non-hydrogen) atoms. The van der Waals surface area contributed by atoms with Gasteiger partial charge in [-0.1, -0.05) is 24.3 Å². The smallest absolute Gasteiger partial charge is 0.271 e. The second-order valence-corrected chi connectivity index (χ2v) is 7.11. The first-order valence-corrected chi connectivity index (χ1v) is 9.75. The van der Waals surface area contributed by atoms with Crippen molar-refractivity contribution >= 4 is 33.7 Å². The molecular weight excluding hydrogens is 464 g/mol. The third kappa shape index (κ3) is 5.74. The highest BCUT2D eigenvalue weighted by atomic mass is 79.9. The number of nitro groups is 1. The Hall–Kier alpha value is -4.03. The Morgan fingerprint density at radius 3 is 2.74 bits per heavy atom. The number of rotatable bonds is 7. The Labute approximate surface area is 186 Å². The molecule has 3 aromatic rings. The molecule has 0 bridgehead atoms. The molecule has 0 radical (unpaired) electrons. The number of nitrogens with one attached hydrogen (secondary N) is 1. The molecule has 0 spiro atoms. The van der Waals surface area contributed by atoms with Gasteiger partial charge in [0.2, 0.25) is 0 Å². The molecule has 0 fully saturated rings. The molecule has 8 nitrogen and oxygen atoms in total. The third-order valence-corrected chi connectivity index (χ3v) is 4.80. The molecule has 1 amide bonds. The largest absolute Gasteiger partial charge is 0.488 e. The zero-order chi connectivity index (χ0) is 22.2. The molecule has 0 unspecified atom stereocenters. The topological polar surface area (TPSA) is 118 Å². The van der Waals surface area contributed by atoms with Crippen LogP contribution in [0.15, 0.2) is 76.3 Å². The van der Waals surface area contributed by atoms with Gasteiger partial charge in [0.25, 0.3) is 11.6 Å². The van der Waals surface area contributed by atoms with Crippen molar-refractivity contribution in [3.63, 3.8) is 0 Å². The minimum absolute atomic E-state index is 0.133. The first-order valence-electron chi connectivity index (χ1n) is 8.96. The van der Waals surface area contributed by atoms with Crippen molar-refractivity contribution in [3.8, 4) is 11.8 Å². The fourth-order valence-corrected chi connectivity index (χ4v) is 3.13. The maximum absolute atomic E-state index is 12.1. The van der Waals surface area contributed by atoms with Gasteiger partial charge in [-0.25, -0.2) is 5.43 Å². The fourth-order valence-electron chi connectivity index (χ4n) is 2.62. The van der Waals surface area contributed by atoms with Crippen molar-refractivity contribution in [2.45, 2.75) is 6.61 Å². The van der Waals surface area contributed by atoms with E-state index in [1.165, 1.54) is 30.5 Å². The lowest BCUT2D eigenvalue weighted by Gasteiger charge is -2.10. The highest BCUT2D eigenvalue weighted by Gasteiger charge is 2.11. The van der Waals surface area contributed by atoms with Crippen molar-refractivity contribution in [2.24, 2.45) is 5.10 Å². The molecule has 0 aliphatic carbocycles. The van der Waals surface area contributed by atoms with Crippen molar-refractivity contribution in [3.05, 3.63) is 104 Å². The van der Waals surface area contributed by atoms with Crippen LogP contribution >= 0.6 is 15.9 Å². The van der Waals surface area contributed by atoms with E-state index in [1.54, 1.807) is 30.3 Å². The number of nitriles is 1. The standard InChI is InChI=1S/C22H15BrN4O4/c23-20-10-15(8-9-21(20)31-14-18-5-2-1-4-17(18)12-24)13-25-26-22(28)16-6-3-7-19(11-16)27(29)30/h1-11,13H,14H2,(H,26,28)/b25-13+. The van der Waals surface area contributed by atoms with Crippen LogP contribution in [0.3, 0.4) is 0 Å². The summed E-state index contributed by atoms with van der Waals surface area (Å²) in [4.78, 5) is 22.3. The number of ether oxygens (including phenoxy) is 1. The molecule has 0 heterocycles. The lowest BCUT2D eigenvalue weighted by Crippen LogP contribution is -2.17. The second-order valence-electron chi connectivity index (χ2n) is 6.25.